The predicted octanol–water partition coefficient (Wildman–Crippen LogP) is 3.55. The number of rotatable bonds is 7. The van der Waals surface area contributed by atoms with Crippen molar-refractivity contribution in [2.24, 2.45) is 0 Å². The van der Waals surface area contributed by atoms with Crippen LogP contribution in [0, 0.1) is 0 Å². The SMILES string of the molecule is CCN(C(=O)c1ccc(CNC(C)=O)cc1)C(C)c1cccc(OC)c1. The van der Waals surface area contributed by atoms with Crippen LogP contribution in [0.25, 0.3) is 0 Å². The molecule has 0 aromatic heterocycles. The van der Waals surface area contributed by atoms with E-state index in [2.05, 4.69) is 5.32 Å². The molecule has 0 heterocycles. The highest BCUT2D eigenvalue weighted by atomic mass is 16.5. The van der Waals surface area contributed by atoms with Crippen molar-refractivity contribution in [1.29, 1.82) is 0 Å². The third kappa shape index (κ3) is 4.85. The maximum atomic E-state index is 12.9. The molecule has 0 saturated carbocycles. The van der Waals surface area contributed by atoms with Gasteiger partial charge in [-0.1, -0.05) is 24.3 Å². The van der Waals surface area contributed by atoms with Gasteiger partial charge >= 0.3 is 0 Å². The monoisotopic (exact) mass is 354 g/mol. The lowest BCUT2D eigenvalue weighted by atomic mass is 10.0. The number of hydrogen-bond acceptors (Lipinski definition) is 3. The zero-order valence-electron chi connectivity index (χ0n) is 15.8. The molecule has 0 saturated heterocycles. The van der Waals surface area contributed by atoms with Gasteiger partial charge in [-0.05, 0) is 49.2 Å². The second-order valence-corrected chi connectivity index (χ2v) is 6.15. The molecule has 1 unspecified atom stereocenters. The Balaban J connectivity index is 2.15. The summed E-state index contributed by atoms with van der Waals surface area (Å²) in [5.41, 5.74) is 2.62. The molecule has 2 aromatic carbocycles. The van der Waals surface area contributed by atoms with Crippen LogP contribution in [-0.4, -0.2) is 30.4 Å². The first-order valence-corrected chi connectivity index (χ1v) is 8.74. The fraction of sp³-hybridized carbons (Fsp3) is 0.333. The standard InChI is InChI=1S/C21H26N2O3/c1-5-23(15(2)19-7-6-8-20(13-19)26-4)21(25)18-11-9-17(10-12-18)14-22-16(3)24/h6-13,15H,5,14H2,1-4H3,(H,22,24). The van der Waals surface area contributed by atoms with E-state index in [1.165, 1.54) is 6.92 Å². The van der Waals surface area contributed by atoms with Crippen molar-refractivity contribution in [3.05, 3.63) is 65.2 Å². The highest BCUT2D eigenvalue weighted by Gasteiger charge is 2.21. The summed E-state index contributed by atoms with van der Waals surface area (Å²) in [6, 6.07) is 15.1. The zero-order chi connectivity index (χ0) is 19.1. The number of ether oxygens (including phenoxy) is 1. The molecule has 0 fully saturated rings. The van der Waals surface area contributed by atoms with E-state index in [4.69, 9.17) is 4.74 Å². The average molecular weight is 354 g/mol. The molecule has 5 heteroatoms. The fourth-order valence-corrected chi connectivity index (χ4v) is 2.83. The Morgan fingerprint density at radius 1 is 1.15 bits per heavy atom. The van der Waals surface area contributed by atoms with Gasteiger partial charge in [-0.15, -0.1) is 0 Å². The second kappa shape index (κ2) is 9.04. The molecule has 0 aliphatic carbocycles. The van der Waals surface area contributed by atoms with Gasteiger partial charge in [-0.2, -0.15) is 0 Å². The molecular formula is C21H26N2O3. The minimum Gasteiger partial charge on any atom is -0.497 e. The van der Waals surface area contributed by atoms with Gasteiger partial charge in [-0.3, -0.25) is 9.59 Å². The predicted molar refractivity (Wildman–Crippen MR) is 102 cm³/mol. The first-order valence-electron chi connectivity index (χ1n) is 8.74. The number of nitrogens with one attached hydrogen (secondary N) is 1. The molecule has 26 heavy (non-hydrogen) atoms. The second-order valence-electron chi connectivity index (χ2n) is 6.15. The van der Waals surface area contributed by atoms with Gasteiger partial charge in [0, 0.05) is 25.6 Å². The van der Waals surface area contributed by atoms with Crippen LogP contribution in [0.1, 0.15) is 48.3 Å². The third-order valence-corrected chi connectivity index (χ3v) is 4.39. The summed E-state index contributed by atoms with van der Waals surface area (Å²) in [5.74, 6) is 0.684. The lowest BCUT2D eigenvalue weighted by Gasteiger charge is -2.29. The van der Waals surface area contributed by atoms with Crippen molar-refractivity contribution in [3.8, 4) is 5.75 Å². The third-order valence-electron chi connectivity index (χ3n) is 4.39. The molecule has 0 aliphatic heterocycles. The Morgan fingerprint density at radius 2 is 1.85 bits per heavy atom. The van der Waals surface area contributed by atoms with Crippen LogP contribution in [0.4, 0.5) is 0 Å². The summed E-state index contributed by atoms with van der Waals surface area (Å²) in [7, 11) is 1.63. The quantitative estimate of drug-likeness (QED) is 0.827. The minimum absolute atomic E-state index is 0.0195. The van der Waals surface area contributed by atoms with Crippen molar-refractivity contribution >= 4 is 11.8 Å². The van der Waals surface area contributed by atoms with Crippen LogP contribution in [0.2, 0.25) is 0 Å². The van der Waals surface area contributed by atoms with Gasteiger partial charge < -0.3 is 15.0 Å². The summed E-state index contributed by atoms with van der Waals surface area (Å²) in [5, 5.41) is 2.75. The fourth-order valence-electron chi connectivity index (χ4n) is 2.83. The number of benzene rings is 2. The van der Waals surface area contributed by atoms with Gasteiger partial charge in [-0.25, -0.2) is 0 Å². The number of methoxy groups -OCH3 is 1. The van der Waals surface area contributed by atoms with Crippen molar-refractivity contribution in [3.63, 3.8) is 0 Å². The van der Waals surface area contributed by atoms with E-state index in [0.717, 1.165) is 16.9 Å². The number of carbonyl (C=O) groups excluding carboxylic acids is 2. The molecule has 138 valence electrons. The number of carbonyl (C=O) groups is 2. The van der Waals surface area contributed by atoms with E-state index >= 15 is 0 Å². The van der Waals surface area contributed by atoms with Crippen LogP contribution in [0.5, 0.6) is 5.75 Å². The molecule has 2 aromatic rings. The van der Waals surface area contributed by atoms with E-state index in [1.807, 2.05) is 55.1 Å². The summed E-state index contributed by atoms with van der Waals surface area (Å²) < 4.78 is 5.28. The molecular weight excluding hydrogens is 328 g/mol. The zero-order valence-corrected chi connectivity index (χ0v) is 15.8. The molecule has 0 aliphatic rings. The Labute approximate surface area is 155 Å². The van der Waals surface area contributed by atoms with Gasteiger partial charge in [0.1, 0.15) is 5.75 Å². The Hall–Kier alpha value is -2.82. The summed E-state index contributed by atoms with van der Waals surface area (Å²) in [6.45, 7) is 6.53. The number of amides is 2. The van der Waals surface area contributed by atoms with Crippen molar-refractivity contribution < 1.29 is 14.3 Å². The molecule has 1 N–H and O–H groups in total. The maximum Gasteiger partial charge on any atom is 0.254 e. The molecule has 0 bridgehead atoms. The summed E-state index contributed by atoms with van der Waals surface area (Å²) >= 11 is 0. The molecule has 1 atom stereocenters. The Bertz CT molecular complexity index is 756. The molecule has 0 radical (unpaired) electrons. The van der Waals surface area contributed by atoms with Gasteiger partial charge in [0.25, 0.3) is 5.91 Å². The summed E-state index contributed by atoms with van der Waals surface area (Å²) in [4.78, 5) is 25.8. The first-order chi connectivity index (χ1) is 12.5. The van der Waals surface area contributed by atoms with E-state index < -0.39 is 0 Å². The van der Waals surface area contributed by atoms with Crippen molar-refractivity contribution in [2.75, 3.05) is 13.7 Å². The van der Waals surface area contributed by atoms with Crippen LogP contribution in [0.3, 0.4) is 0 Å². The molecule has 5 nitrogen and oxygen atoms in total. The lowest BCUT2D eigenvalue weighted by molar-refractivity contribution is -0.119. The topological polar surface area (TPSA) is 58.6 Å². The maximum absolute atomic E-state index is 12.9. The average Bonchev–Trinajstić information content (AvgIpc) is 2.67. The van der Waals surface area contributed by atoms with Crippen LogP contribution >= 0.6 is 0 Å². The smallest absolute Gasteiger partial charge is 0.254 e. The molecule has 0 spiro atoms. The Kier molecular flexibility index (Phi) is 6.78. The van der Waals surface area contributed by atoms with E-state index in [1.54, 1.807) is 19.2 Å². The van der Waals surface area contributed by atoms with Crippen molar-refractivity contribution in [1.82, 2.24) is 10.2 Å². The van der Waals surface area contributed by atoms with Gasteiger partial charge in [0.15, 0.2) is 0 Å². The lowest BCUT2D eigenvalue weighted by Crippen LogP contribution is -2.33. The molecule has 2 rings (SSSR count). The van der Waals surface area contributed by atoms with Crippen LogP contribution in [0.15, 0.2) is 48.5 Å². The Morgan fingerprint density at radius 3 is 2.42 bits per heavy atom. The van der Waals surface area contributed by atoms with Crippen LogP contribution in [-0.2, 0) is 11.3 Å². The largest absolute Gasteiger partial charge is 0.497 e. The molecule has 2 amide bonds. The summed E-state index contributed by atoms with van der Waals surface area (Å²) in [6.07, 6.45) is 0. The van der Waals surface area contributed by atoms with Gasteiger partial charge in [0.05, 0.1) is 13.2 Å². The highest BCUT2D eigenvalue weighted by molar-refractivity contribution is 5.94. The minimum atomic E-state index is -0.0746. The number of hydrogen-bond donors (Lipinski definition) is 1. The van der Waals surface area contributed by atoms with Crippen molar-refractivity contribution in [2.45, 2.75) is 33.4 Å². The van der Waals surface area contributed by atoms with E-state index in [0.29, 0.717) is 18.7 Å². The normalized spacial score (nSPS) is 11.5. The first kappa shape index (κ1) is 19.5. The highest BCUT2D eigenvalue weighted by Crippen LogP contribution is 2.25. The van der Waals surface area contributed by atoms with Gasteiger partial charge in [0.2, 0.25) is 5.91 Å². The number of nitrogens with zero attached hydrogens (tertiary/aromatic N) is 1. The van der Waals surface area contributed by atoms with E-state index in [-0.39, 0.29) is 17.9 Å². The van der Waals surface area contributed by atoms with Crippen LogP contribution < -0.4 is 10.1 Å². The van der Waals surface area contributed by atoms with E-state index in [9.17, 15) is 9.59 Å².